The van der Waals surface area contributed by atoms with Gasteiger partial charge in [-0.3, -0.25) is 4.98 Å². The van der Waals surface area contributed by atoms with E-state index in [4.69, 9.17) is 15.0 Å². The molecule has 9 heteroatoms. The van der Waals surface area contributed by atoms with Crippen LogP contribution in [0.15, 0.2) is 170 Å². The number of aryl methyl sites for hydroxylation is 1. The molecule has 6 aromatic carbocycles. The molecule has 6 nitrogen and oxygen atoms in total. The first kappa shape index (κ1) is 34.5. The SMILES string of the molecule is FC(F)(F)CCc1cc(OCc2ccc(-c3ccccc3-c3nnn(C(c4ccccc4)(c4ccccc4)c4ccccc4)n3)cc2)c2ccccc2n1. The van der Waals surface area contributed by atoms with Crippen molar-refractivity contribution >= 4 is 10.9 Å². The Morgan fingerprint density at radius 3 is 1.76 bits per heavy atom. The number of halogens is 3. The highest BCUT2D eigenvalue weighted by Crippen LogP contribution is 2.40. The molecular formula is C45H34F3N5O. The van der Waals surface area contributed by atoms with Crippen LogP contribution in [0.5, 0.6) is 5.75 Å². The van der Waals surface area contributed by atoms with Crippen LogP contribution in [0.25, 0.3) is 33.4 Å². The standard InChI is InChI=1S/C45H34F3N5O/c46-44(47,48)29-28-37-30-42(40-22-12-13-23-41(40)49-37)54-31-32-24-26-33(27-25-32)38-20-10-11-21-39(38)43-50-52-53(51-43)45(34-14-4-1-5-15-34,35-16-6-2-7-17-35)36-18-8-3-9-19-36/h1-27,30H,28-29,31H2. The predicted molar refractivity (Wildman–Crippen MR) is 204 cm³/mol. The second-order valence-corrected chi connectivity index (χ2v) is 13.0. The Bertz CT molecular complexity index is 2390. The van der Waals surface area contributed by atoms with Crippen LogP contribution >= 0.6 is 0 Å². The fourth-order valence-electron chi connectivity index (χ4n) is 6.93. The highest BCUT2D eigenvalue weighted by molar-refractivity contribution is 5.85. The van der Waals surface area contributed by atoms with Crippen LogP contribution in [0.3, 0.4) is 0 Å². The second-order valence-electron chi connectivity index (χ2n) is 13.0. The topological polar surface area (TPSA) is 65.7 Å². The third-order valence-corrected chi connectivity index (χ3v) is 9.51. The van der Waals surface area contributed by atoms with E-state index in [1.54, 1.807) is 16.9 Å². The first-order chi connectivity index (χ1) is 26.4. The van der Waals surface area contributed by atoms with Gasteiger partial charge in [-0.2, -0.15) is 13.2 Å². The molecule has 0 saturated carbocycles. The number of fused-ring (bicyclic) bond motifs is 1. The summed E-state index contributed by atoms with van der Waals surface area (Å²) in [5.41, 5.74) is 6.63. The Hall–Kier alpha value is -6.61. The summed E-state index contributed by atoms with van der Waals surface area (Å²) in [4.78, 5) is 6.16. The zero-order valence-corrected chi connectivity index (χ0v) is 29.1. The van der Waals surface area contributed by atoms with E-state index in [1.165, 1.54) is 0 Å². The number of tetrazole rings is 1. The monoisotopic (exact) mass is 717 g/mol. The lowest BCUT2D eigenvalue weighted by atomic mass is 9.77. The van der Waals surface area contributed by atoms with Crippen molar-refractivity contribution < 1.29 is 17.9 Å². The molecule has 0 N–H and O–H groups in total. The number of aromatic nitrogens is 5. The molecule has 8 aromatic rings. The van der Waals surface area contributed by atoms with Gasteiger partial charge in [0, 0.05) is 29.1 Å². The van der Waals surface area contributed by atoms with E-state index < -0.39 is 18.1 Å². The van der Waals surface area contributed by atoms with Crippen LogP contribution in [0, 0.1) is 0 Å². The maximum atomic E-state index is 13.0. The molecule has 0 aliphatic heterocycles. The van der Waals surface area contributed by atoms with Gasteiger partial charge in [-0.1, -0.05) is 152 Å². The molecule has 266 valence electrons. The van der Waals surface area contributed by atoms with Crippen LogP contribution in [-0.4, -0.2) is 31.4 Å². The van der Waals surface area contributed by atoms with E-state index in [0.29, 0.717) is 22.8 Å². The quantitative estimate of drug-likeness (QED) is 0.125. The fourth-order valence-corrected chi connectivity index (χ4v) is 6.93. The lowest BCUT2D eigenvalue weighted by Crippen LogP contribution is -2.39. The van der Waals surface area contributed by atoms with Gasteiger partial charge in [-0.15, -0.1) is 15.0 Å². The predicted octanol–water partition coefficient (Wildman–Crippen LogP) is 10.5. The van der Waals surface area contributed by atoms with Crippen molar-refractivity contribution in [3.05, 3.63) is 198 Å². The van der Waals surface area contributed by atoms with Gasteiger partial charge in [0.05, 0.1) is 5.52 Å². The van der Waals surface area contributed by atoms with Gasteiger partial charge in [0.15, 0.2) is 5.54 Å². The number of rotatable bonds is 11. The number of hydrogen-bond acceptors (Lipinski definition) is 5. The molecule has 0 fully saturated rings. The Labute approximate surface area is 310 Å². The van der Waals surface area contributed by atoms with E-state index in [-0.39, 0.29) is 13.0 Å². The normalized spacial score (nSPS) is 11.8. The van der Waals surface area contributed by atoms with Gasteiger partial charge >= 0.3 is 6.18 Å². The Balaban J connectivity index is 1.10. The van der Waals surface area contributed by atoms with Gasteiger partial charge < -0.3 is 4.74 Å². The molecule has 0 unspecified atom stereocenters. The summed E-state index contributed by atoms with van der Waals surface area (Å²) in [6.07, 6.45) is -5.42. The van der Waals surface area contributed by atoms with Crippen molar-refractivity contribution in [1.82, 2.24) is 25.2 Å². The van der Waals surface area contributed by atoms with E-state index >= 15 is 0 Å². The van der Waals surface area contributed by atoms with Gasteiger partial charge in [-0.05, 0) is 57.1 Å². The van der Waals surface area contributed by atoms with Crippen LogP contribution in [0.2, 0.25) is 0 Å². The minimum Gasteiger partial charge on any atom is -0.488 e. The molecule has 0 aliphatic carbocycles. The van der Waals surface area contributed by atoms with Gasteiger partial charge in [0.2, 0.25) is 5.82 Å². The summed E-state index contributed by atoms with van der Waals surface area (Å²) >= 11 is 0. The number of benzene rings is 6. The highest BCUT2D eigenvalue weighted by atomic mass is 19.4. The average molecular weight is 718 g/mol. The average Bonchev–Trinajstić information content (AvgIpc) is 3.71. The first-order valence-corrected chi connectivity index (χ1v) is 17.6. The number of alkyl halides is 3. The van der Waals surface area contributed by atoms with Crippen molar-refractivity contribution in [2.75, 3.05) is 0 Å². The van der Waals surface area contributed by atoms with Gasteiger partial charge in [0.25, 0.3) is 0 Å². The molecule has 2 heterocycles. The smallest absolute Gasteiger partial charge is 0.389 e. The lowest BCUT2D eigenvalue weighted by Gasteiger charge is -2.34. The van der Waals surface area contributed by atoms with Crippen molar-refractivity contribution in [2.45, 2.75) is 31.2 Å². The Morgan fingerprint density at radius 1 is 0.593 bits per heavy atom. The number of ether oxygens (including phenoxy) is 1. The first-order valence-electron chi connectivity index (χ1n) is 17.6. The molecule has 54 heavy (non-hydrogen) atoms. The molecule has 0 aliphatic rings. The fraction of sp³-hybridized carbons (Fsp3) is 0.111. The second kappa shape index (κ2) is 14.8. The molecule has 0 atom stereocenters. The lowest BCUT2D eigenvalue weighted by molar-refractivity contribution is -0.134. The maximum Gasteiger partial charge on any atom is 0.389 e. The number of pyridine rings is 1. The summed E-state index contributed by atoms with van der Waals surface area (Å²) in [5, 5.41) is 15.3. The van der Waals surface area contributed by atoms with Crippen molar-refractivity contribution in [2.24, 2.45) is 0 Å². The largest absolute Gasteiger partial charge is 0.488 e. The minimum atomic E-state index is -4.27. The zero-order chi connectivity index (χ0) is 37.0. The summed E-state index contributed by atoms with van der Waals surface area (Å²) < 4.78 is 45.1. The summed E-state index contributed by atoms with van der Waals surface area (Å²) in [7, 11) is 0. The Kier molecular flexibility index (Phi) is 9.44. The number of hydrogen-bond donors (Lipinski definition) is 0. The van der Waals surface area contributed by atoms with Crippen molar-refractivity contribution in [3.8, 4) is 28.3 Å². The zero-order valence-electron chi connectivity index (χ0n) is 29.1. The molecule has 2 aromatic heterocycles. The molecular weight excluding hydrogens is 684 g/mol. The van der Waals surface area contributed by atoms with Crippen LogP contribution in [0.1, 0.15) is 34.4 Å². The van der Waals surface area contributed by atoms with Gasteiger partial charge in [-0.25, -0.2) is 0 Å². The maximum absolute atomic E-state index is 13.0. The summed E-state index contributed by atoms with van der Waals surface area (Å²) in [6.45, 7) is 0.227. The molecule has 0 radical (unpaired) electrons. The van der Waals surface area contributed by atoms with Gasteiger partial charge in [0.1, 0.15) is 12.4 Å². The van der Waals surface area contributed by atoms with E-state index in [9.17, 15) is 13.2 Å². The van der Waals surface area contributed by atoms with E-state index in [0.717, 1.165) is 44.3 Å². The van der Waals surface area contributed by atoms with Crippen molar-refractivity contribution in [1.29, 1.82) is 0 Å². The van der Waals surface area contributed by atoms with Crippen molar-refractivity contribution in [3.63, 3.8) is 0 Å². The number of para-hydroxylation sites is 1. The van der Waals surface area contributed by atoms with Crippen LogP contribution < -0.4 is 4.74 Å². The molecule has 0 amide bonds. The van der Waals surface area contributed by atoms with Crippen LogP contribution in [0.4, 0.5) is 13.2 Å². The van der Waals surface area contributed by atoms with Crippen LogP contribution in [-0.2, 0) is 18.6 Å². The third-order valence-electron chi connectivity index (χ3n) is 9.51. The number of nitrogens with zero attached hydrogens (tertiary/aromatic N) is 5. The summed E-state index contributed by atoms with van der Waals surface area (Å²) in [6, 6.07) is 55.5. The highest BCUT2D eigenvalue weighted by Gasteiger charge is 2.41. The minimum absolute atomic E-state index is 0.215. The molecule has 0 spiro atoms. The summed E-state index contributed by atoms with van der Waals surface area (Å²) in [5.74, 6) is 0.981. The Morgan fingerprint density at radius 2 is 1.15 bits per heavy atom. The third kappa shape index (κ3) is 6.96. The van der Waals surface area contributed by atoms with E-state index in [2.05, 4.69) is 46.5 Å². The molecule has 0 saturated heterocycles. The molecule has 0 bridgehead atoms. The van der Waals surface area contributed by atoms with E-state index in [1.807, 2.05) is 121 Å². The molecule has 8 rings (SSSR count).